The Balaban J connectivity index is 4.52. The number of carbonyl (C=O) groups excluding carboxylic acids is 1. The first-order valence-corrected chi connectivity index (χ1v) is 12.8. The Labute approximate surface area is 112 Å². The number of carbonyl (C=O) groups is 1. The van der Waals surface area contributed by atoms with Crippen molar-refractivity contribution in [2.75, 3.05) is 7.11 Å². The van der Waals surface area contributed by atoms with E-state index in [9.17, 15) is 4.79 Å². The standard InChI is InChI=1S/C11H25NO4Si2/c1-14-11(13)9-8-10-12(15-17(2,3)4)16-18(5,6)7/h8,10H,9H2,1-7H3/b10-8+. The molecule has 0 aliphatic heterocycles. The van der Waals surface area contributed by atoms with Crippen LogP contribution in [0.2, 0.25) is 39.3 Å². The van der Waals surface area contributed by atoms with E-state index in [1.807, 2.05) is 0 Å². The van der Waals surface area contributed by atoms with Gasteiger partial charge < -0.3 is 4.74 Å². The molecule has 0 aromatic heterocycles. The van der Waals surface area contributed by atoms with Crippen LogP contribution in [0.1, 0.15) is 6.42 Å². The molecule has 0 bridgehead atoms. The molecule has 106 valence electrons. The minimum atomic E-state index is -1.75. The van der Waals surface area contributed by atoms with Gasteiger partial charge in [-0.3, -0.25) is 13.8 Å². The Kier molecular flexibility index (Phi) is 6.83. The van der Waals surface area contributed by atoms with Gasteiger partial charge in [0.15, 0.2) is 0 Å². The third-order valence-corrected chi connectivity index (χ3v) is 2.92. The summed E-state index contributed by atoms with van der Waals surface area (Å²) in [6.07, 6.45) is 3.52. The van der Waals surface area contributed by atoms with Crippen LogP contribution in [0.3, 0.4) is 0 Å². The van der Waals surface area contributed by atoms with E-state index in [1.165, 1.54) is 12.3 Å². The highest BCUT2D eigenvalue weighted by molar-refractivity contribution is 6.70. The van der Waals surface area contributed by atoms with Crippen molar-refractivity contribution in [2.24, 2.45) is 0 Å². The number of hydrogen-bond donors (Lipinski definition) is 0. The van der Waals surface area contributed by atoms with Crippen molar-refractivity contribution in [3.05, 3.63) is 12.3 Å². The Bertz CT molecular complexity index is 278. The molecule has 5 nitrogen and oxygen atoms in total. The predicted molar refractivity (Wildman–Crippen MR) is 76.5 cm³/mol. The Morgan fingerprint density at radius 3 is 1.83 bits per heavy atom. The highest BCUT2D eigenvalue weighted by Gasteiger charge is 2.24. The molecule has 0 fully saturated rings. The van der Waals surface area contributed by atoms with Gasteiger partial charge >= 0.3 is 5.97 Å². The van der Waals surface area contributed by atoms with E-state index >= 15 is 0 Å². The van der Waals surface area contributed by atoms with Gasteiger partial charge in [-0.2, -0.15) is 5.23 Å². The zero-order valence-electron chi connectivity index (χ0n) is 12.4. The monoisotopic (exact) mass is 291 g/mol. The van der Waals surface area contributed by atoms with Gasteiger partial charge in [-0.15, -0.1) is 0 Å². The number of nitrogens with zero attached hydrogens (tertiary/aromatic N) is 1. The number of esters is 1. The summed E-state index contributed by atoms with van der Waals surface area (Å²) < 4.78 is 16.1. The number of hydrogen-bond acceptors (Lipinski definition) is 5. The van der Waals surface area contributed by atoms with Crippen LogP contribution in [0.5, 0.6) is 0 Å². The molecular weight excluding hydrogens is 266 g/mol. The minimum Gasteiger partial charge on any atom is -0.469 e. The first-order valence-electron chi connectivity index (χ1n) is 5.94. The van der Waals surface area contributed by atoms with Crippen LogP contribution in [0.15, 0.2) is 12.3 Å². The second-order valence-electron chi connectivity index (χ2n) is 5.86. The molecule has 0 aliphatic carbocycles. The molecule has 0 aliphatic rings. The molecular formula is C11H25NO4Si2. The Hall–Kier alpha value is -0.636. The first kappa shape index (κ1) is 17.4. The van der Waals surface area contributed by atoms with Gasteiger partial charge in [0.05, 0.1) is 19.7 Å². The molecule has 0 saturated carbocycles. The maximum atomic E-state index is 11.0. The van der Waals surface area contributed by atoms with Gasteiger partial charge in [-0.25, -0.2) is 0 Å². The van der Waals surface area contributed by atoms with Crippen LogP contribution in [0, 0.1) is 0 Å². The molecule has 0 atom stereocenters. The average molecular weight is 291 g/mol. The minimum absolute atomic E-state index is 0.205. The lowest BCUT2D eigenvalue weighted by molar-refractivity contribution is -0.231. The Morgan fingerprint density at radius 1 is 1.06 bits per heavy atom. The van der Waals surface area contributed by atoms with Gasteiger partial charge in [0, 0.05) is 0 Å². The van der Waals surface area contributed by atoms with Gasteiger partial charge in [-0.05, 0) is 39.3 Å². The normalized spacial score (nSPS) is 12.8. The smallest absolute Gasteiger partial charge is 0.309 e. The second kappa shape index (κ2) is 7.08. The summed E-state index contributed by atoms with van der Waals surface area (Å²) in [4.78, 5) is 11.0. The molecule has 18 heavy (non-hydrogen) atoms. The van der Waals surface area contributed by atoms with Crippen molar-refractivity contribution in [1.29, 1.82) is 0 Å². The molecule has 0 aromatic rings. The number of ether oxygens (including phenoxy) is 1. The van der Waals surface area contributed by atoms with Crippen molar-refractivity contribution in [3.8, 4) is 0 Å². The lowest BCUT2D eigenvalue weighted by Crippen LogP contribution is -2.41. The topological polar surface area (TPSA) is 48.0 Å². The van der Waals surface area contributed by atoms with E-state index in [0.717, 1.165) is 0 Å². The molecule has 0 rings (SSSR count). The van der Waals surface area contributed by atoms with Crippen LogP contribution in [-0.2, 0) is 18.6 Å². The summed E-state index contributed by atoms with van der Waals surface area (Å²) in [5.41, 5.74) is 0. The van der Waals surface area contributed by atoms with E-state index in [4.69, 9.17) is 9.05 Å². The molecule has 0 unspecified atom stereocenters. The van der Waals surface area contributed by atoms with Crippen molar-refractivity contribution in [2.45, 2.75) is 45.7 Å². The number of hydroxylamine groups is 2. The van der Waals surface area contributed by atoms with Crippen LogP contribution >= 0.6 is 0 Å². The summed E-state index contributed by atoms with van der Waals surface area (Å²) in [5.74, 6) is -0.285. The molecule has 0 spiro atoms. The third kappa shape index (κ3) is 10.5. The van der Waals surface area contributed by atoms with Crippen LogP contribution in [-0.4, -0.2) is 34.9 Å². The zero-order valence-corrected chi connectivity index (χ0v) is 14.4. The van der Waals surface area contributed by atoms with Crippen molar-refractivity contribution in [3.63, 3.8) is 0 Å². The van der Waals surface area contributed by atoms with E-state index in [0.29, 0.717) is 0 Å². The fourth-order valence-electron chi connectivity index (χ4n) is 0.938. The zero-order chi connectivity index (χ0) is 14.4. The van der Waals surface area contributed by atoms with E-state index in [2.05, 4.69) is 44.0 Å². The van der Waals surface area contributed by atoms with Gasteiger partial charge in [0.1, 0.15) is 0 Å². The third-order valence-electron chi connectivity index (χ3n) is 1.47. The van der Waals surface area contributed by atoms with Gasteiger partial charge in [0.25, 0.3) is 0 Å². The maximum absolute atomic E-state index is 11.0. The molecule has 0 amide bonds. The Morgan fingerprint density at radius 2 is 1.50 bits per heavy atom. The van der Waals surface area contributed by atoms with Crippen LogP contribution in [0.4, 0.5) is 0 Å². The number of rotatable bonds is 7. The second-order valence-corrected chi connectivity index (χ2v) is 14.7. The summed E-state index contributed by atoms with van der Waals surface area (Å²) in [6, 6.07) is 0. The van der Waals surface area contributed by atoms with Gasteiger partial charge in [-0.1, -0.05) is 6.08 Å². The first-order chi connectivity index (χ1) is 8.03. The number of methoxy groups -OCH3 is 1. The summed E-state index contributed by atoms with van der Waals surface area (Å²) >= 11 is 0. The molecule has 0 heterocycles. The highest BCUT2D eigenvalue weighted by Crippen LogP contribution is 2.13. The van der Waals surface area contributed by atoms with E-state index in [-0.39, 0.29) is 12.4 Å². The molecule has 0 N–H and O–H groups in total. The van der Waals surface area contributed by atoms with Gasteiger partial charge in [0.2, 0.25) is 16.6 Å². The highest BCUT2D eigenvalue weighted by atomic mass is 28.4. The van der Waals surface area contributed by atoms with Crippen molar-refractivity contribution in [1.82, 2.24) is 5.23 Å². The van der Waals surface area contributed by atoms with Crippen molar-refractivity contribution >= 4 is 22.6 Å². The predicted octanol–water partition coefficient (Wildman–Crippen LogP) is 2.90. The quantitative estimate of drug-likeness (QED) is 0.410. The summed E-state index contributed by atoms with van der Waals surface area (Å²) in [5, 5.41) is 1.40. The molecule has 0 aromatic carbocycles. The largest absolute Gasteiger partial charge is 0.469 e. The maximum Gasteiger partial charge on any atom is 0.309 e. The lowest BCUT2D eigenvalue weighted by atomic mass is 10.4. The fourth-order valence-corrected chi connectivity index (χ4v) is 2.29. The lowest BCUT2D eigenvalue weighted by Gasteiger charge is -2.31. The average Bonchev–Trinajstić information content (AvgIpc) is 2.12. The SMILES string of the molecule is COC(=O)C/C=C/N(O[Si](C)(C)C)O[Si](C)(C)C. The summed E-state index contributed by atoms with van der Waals surface area (Å²) in [6.45, 7) is 12.4. The fraction of sp³-hybridized carbons (Fsp3) is 0.727. The van der Waals surface area contributed by atoms with Crippen LogP contribution < -0.4 is 0 Å². The van der Waals surface area contributed by atoms with E-state index in [1.54, 1.807) is 12.3 Å². The summed E-state index contributed by atoms with van der Waals surface area (Å²) in [7, 11) is -2.13. The van der Waals surface area contributed by atoms with Crippen molar-refractivity contribution < 1.29 is 18.6 Å². The van der Waals surface area contributed by atoms with Crippen LogP contribution in [0.25, 0.3) is 0 Å². The van der Waals surface area contributed by atoms with E-state index < -0.39 is 16.6 Å². The molecule has 0 radical (unpaired) electrons. The molecule has 7 heteroatoms. The molecule has 0 saturated heterocycles.